The van der Waals surface area contributed by atoms with Crippen molar-refractivity contribution in [3.8, 4) is 0 Å². The smallest absolute Gasteiger partial charge is 0.261 e. The maximum atomic E-state index is 10.3. The molecule has 11 heavy (non-hydrogen) atoms. The van der Waals surface area contributed by atoms with E-state index in [1.165, 1.54) is 5.01 Å². The zero-order chi connectivity index (χ0) is 8.10. The van der Waals surface area contributed by atoms with Crippen LogP contribution in [0.3, 0.4) is 0 Å². The molecule has 1 heterocycles. The predicted molar refractivity (Wildman–Crippen MR) is 41.3 cm³/mol. The van der Waals surface area contributed by atoms with Gasteiger partial charge in [-0.25, -0.2) is 14.7 Å². The molecule has 59 valence electrons. The number of carbonyl (C=O) groups excluding carboxylic acids is 1. The molecule has 0 aliphatic carbocycles. The van der Waals surface area contributed by atoms with Crippen LogP contribution in [0.2, 0.25) is 0 Å². The molecular weight excluding hydrogens is 142 g/mol. The molecule has 0 saturated heterocycles. The van der Waals surface area contributed by atoms with Gasteiger partial charge in [0, 0.05) is 18.9 Å². The van der Waals surface area contributed by atoms with Crippen LogP contribution in [-0.2, 0) is 4.79 Å². The molecule has 4 nitrogen and oxygen atoms in total. The van der Waals surface area contributed by atoms with Crippen molar-refractivity contribution in [1.82, 2.24) is 9.66 Å². The first-order chi connectivity index (χ1) is 5.38. The average Bonchev–Trinajstić information content (AvgIpc) is 2.52. The number of hydrogen-bond donors (Lipinski definition) is 0. The van der Waals surface area contributed by atoms with Gasteiger partial charge in [-0.3, -0.25) is 4.79 Å². The van der Waals surface area contributed by atoms with Crippen LogP contribution in [-0.4, -0.2) is 22.6 Å². The van der Waals surface area contributed by atoms with Crippen LogP contribution in [0.5, 0.6) is 0 Å². The van der Waals surface area contributed by atoms with Crippen LogP contribution in [0.25, 0.3) is 0 Å². The summed E-state index contributed by atoms with van der Waals surface area (Å²) in [5, 5.41) is 1.44. The van der Waals surface area contributed by atoms with Gasteiger partial charge in [0.15, 0.2) is 0 Å². The Kier molecular flexibility index (Phi) is 2.66. The first kappa shape index (κ1) is 7.78. The second-order valence-electron chi connectivity index (χ2n) is 2.16. The van der Waals surface area contributed by atoms with E-state index in [9.17, 15) is 4.79 Å². The summed E-state index contributed by atoms with van der Waals surface area (Å²) in [5.41, 5.74) is 0. The van der Waals surface area contributed by atoms with E-state index >= 15 is 0 Å². The standard InChI is InChI=1S/C7H10N3O/c1-2-4-10(7-11)9-5-3-8-6-9/h3,5-6H,2,4H2,1H3. The van der Waals surface area contributed by atoms with Gasteiger partial charge < -0.3 is 0 Å². The first-order valence-electron chi connectivity index (χ1n) is 3.52. The highest BCUT2D eigenvalue weighted by molar-refractivity contribution is 5.61. The average molecular weight is 152 g/mol. The van der Waals surface area contributed by atoms with Gasteiger partial charge in [0.2, 0.25) is 0 Å². The number of amides is 1. The summed E-state index contributed by atoms with van der Waals surface area (Å²) in [7, 11) is 0. The minimum atomic E-state index is 0.667. The van der Waals surface area contributed by atoms with Crippen molar-refractivity contribution in [2.45, 2.75) is 13.3 Å². The second-order valence-corrected chi connectivity index (χ2v) is 2.16. The van der Waals surface area contributed by atoms with Crippen molar-refractivity contribution in [3.05, 3.63) is 18.7 Å². The lowest BCUT2D eigenvalue weighted by atomic mass is 10.5. The van der Waals surface area contributed by atoms with E-state index in [2.05, 4.69) is 4.98 Å². The number of nitrogens with zero attached hydrogens (tertiary/aromatic N) is 3. The van der Waals surface area contributed by atoms with Gasteiger partial charge in [-0.1, -0.05) is 6.92 Å². The molecule has 0 aliphatic heterocycles. The van der Waals surface area contributed by atoms with Gasteiger partial charge in [0.25, 0.3) is 0 Å². The molecule has 0 unspecified atom stereocenters. The Morgan fingerprint density at radius 3 is 3.00 bits per heavy atom. The molecule has 0 N–H and O–H groups in total. The maximum absolute atomic E-state index is 10.3. The summed E-state index contributed by atoms with van der Waals surface area (Å²) in [4.78, 5) is 14.2. The fourth-order valence-corrected chi connectivity index (χ4v) is 0.815. The molecule has 0 saturated carbocycles. The molecular formula is C7H10N3O. The normalized spacial score (nSPS) is 9.55. The number of hydrogen-bond acceptors (Lipinski definition) is 2. The number of aromatic nitrogens is 2. The third kappa shape index (κ3) is 1.80. The van der Waals surface area contributed by atoms with E-state index in [1.54, 1.807) is 23.4 Å². The highest BCUT2D eigenvalue weighted by atomic mass is 16.1. The Labute approximate surface area is 65.4 Å². The summed E-state index contributed by atoms with van der Waals surface area (Å²) in [5.74, 6) is 0. The zero-order valence-electron chi connectivity index (χ0n) is 6.40. The van der Waals surface area contributed by atoms with Crippen molar-refractivity contribution in [1.29, 1.82) is 0 Å². The zero-order valence-corrected chi connectivity index (χ0v) is 6.40. The maximum Gasteiger partial charge on any atom is 0.332 e. The van der Waals surface area contributed by atoms with Crippen molar-refractivity contribution in [2.75, 3.05) is 11.6 Å². The first-order valence-corrected chi connectivity index (χ1v) is 3.52. The quantitative estimate of drug-likeness (QED) is 0.582. The predicted octanol–water partition coefficient (Wildman–Crippen LogP) is 0.298. The van der Waals surface area contributed by atoms with Crippen LogP contribution in [0.4, 0.5) is 0 Å². The molecule has 0 atom stereocenters. The van der Waals surface area contributed by atoms with Crippen molar-refractivity contribution < 1.29 is 4.79 Å². The summed E-state index contributed by atoms with van der Waals surface area (Å²) in [6, 6.07) is 0. The molecule has 0 fully saturated rings. The Bertz CT molecular complexity index is 207. The van der Waals surface area contributed by atoms with E-state index < -0.39 is 0 Å². The molecule has 0 spiro atoms. The Balaban J connectivity index is 2.63. The SMILES string of the molecule is CCCN([C]=O)n1ccnc1. The molecule has 1 aromatic rings. The molecule has 1 aromatic heterocycles. The van der Waals surface area contributed by atoms with Gasteiger partial charge in [-0.05, 0) is 6.42 Å². The molecule has 0 aliphatic rings. The van der Waals surface area contributed by atoms with Crippen LogP contribution in [0, 0.1) is 0 Å². The molecule has 1 rings (SSSR count). The third-order valence-corrected chi connectivity index (χ3v) is 1.31. The number of rotatable bonds is 4. The van der Waals surface area contributed by atoms with Crippen molar-refractivity contribution in [2.24, 2.45) is 0 Å². The number of imidazole rings is 1. The molecule has 0 bridgehead atoms. The Morgan fingerprint density at radius 1 is 1.73 bits per heavy atom. The topological polar surface area (TPSA) is 38.1 Å². The summed E-state index contributed by atoms with van der Waals surface area (Å²) >= 11 is 0. The molecule has 1 amide bonds. The molecule has 0 aromatic carbocycles. The highest BCUT2D eigenvalue weighted by Gasteiger charge is 2.00. The van der Waals surface area contributed by atoms with Crippen LogP contribution >= 0.6 is 0 Å². The van der Waals surface area contributed by atoms with E-state index in [0.29, 0.717) is 6.54 Å². The van der Waals surface area contributed by atoms with Crippen LogP contribution in [0.15, 0.2) is 18.7 Å². The molecule has 4 heteroatoms. The minimum Gasteiger partial charge on any atom is -0.261 e. The van der Waals surface area contributed by atoms with E-state index in [0.717, 1.165) is 6.42 Å². The molecule has 1 radical (unpaired) electrons. The van der Waals surface area contributed by atoms with Gasteiger partial charge >= 0.3 is 6.41 Å². The monoisotopic (exact) mass is 152 g/mol. The third-order valence-electron chi connectivity index (χ3n) is 1.31. The van der Waals surface area contributed by atoms with Crippen LogP contribution in [0.1, 0.15) is 13.3 Å². The lowest BCUT2D eigenvalue weighted by Gasteiger charge is -2.14. The van der Waals surface area contributed by atoms with E-state index in [-0.39, 0.29) is 0 Å². The summed E-state index contributed by atoms with van der Waals surface area (Å²) in [6.45, 7) is 2.67. The summed E-state index contributed by atoms with van der Waals surface area (Å²) in [6.07, 6.45) is 7.63. The highest BCUT2D eigenvalue weighted by Crippen LogP contribution is 1.89. The minimum absolute atomic E-state index is 0.667. The fourth-order valence-electron chi connectivity index (χ4n) is 0.815. The van der Waals surface area contributed by atoms with E-state index in [4.69, 9.17) is 0 Å². The largest absolute Gasteiger partial charge is 0.332 e. The van der Waals surface area contributed by atoms with Gasteiger partial charge in [-0.15, -0.1) is 0 Å². The van der Waals surface area contributed by atoms with E-state index in [1.807, 2.05) is 13.3 Å². The van der Waals surface area contributed by atoms with Gasteiger partial charge in [0.05, 0.1) is 0 Å². The lowest BCUT2D eigenvalue weighted by Crippen LogP contribution is -2.32. The van der Waals surface area contributed by atoms with Crippen molar-refractivity contribution >= 4 is 6.41 Å². The Hall–Kier alpha value is -1.32. The Morgan fingerprint density at radius 2 is 2.55 bits per heavy atom. The second kappa shape index (κ2) is 3.75. The van der Waals surface area contributed by atoms with Crippen molar-refractivity contribution in [3.63, 3.8) is 0 Å². The fraction of sp³-hybridized carbons (Fsp3) is 0.429. The van der Waals surface area contributed by atoms with Gasteiger partial charge in [-0.2, -0.15) is 0 Å². The van der Waals surface area contributed by atoms with Crippen LogP contribution < -0.4 is 5.01 Å². The summed E-state index contributed by atoms with van der Waals surface area (Å²) < 4.78 is 1.61. The van der Waals surface area contributed by atoms with Gasteiger partial charge in [0.1, 0.15) is 6.33 Å². The lowest BCUT2D eigenvalue weighted by molar-refractivity contribution is 0.530.